The smallest absolute Gasteiger partial charge is 0.176 e. The number of aryl methyl sites for hydroxylation is 1. The number of alkyl halides is 3. The van der Waals surface area contributed by atoms with Gasteiger partial charge in [-0.2, -0.15) is 43.0 Å². The first-order valence-corrected chi connectivity index (χ1v) is 3.05. The van der Waals surface area contributed by atoms with E-state index in [0.29, 0.717) is 5.56 Å². The van der Waals surface area contributed by atoms with E-state index in [2.05, 4.69) is 6.07 Å². The van der Waals surface area contributed by atoms with Gasteiger partial charge in [-0.05, 0) is 0 Å². The third kappa shape index (κ3) is 3.24. The van der Waals surface area contributed by atoms with Crippen molar-refractivity contribution in [2.75, 3.05) is 0 Å². The van der Waals surface area contributed by atoms with Gasteiger partial charge in [-0.15, -0.1) is 0 Å². The minimum Gasteiger partial charge on any atom is -0.176 e. The Hall–Kier alpha value is 0.114. The van der Waals surface area contributed by atoms with Crippen LogP contribution in [0.5, 0.6) is 0 Å². The Morgan fingerprint density at radius 1 is 1.33 bits per heavy atom. The van der Waals surface area contributed by atoms with Crippen LogP contribution in [0.1, 0.15) is 11.1 Å². The average Bonchev–Trinajstić information content (AvgIpc) is 1.86. The molecule has 0 fully saturated rings. The molecular formula is C8H6F3Y-. The quantitative estimate of drug-likeness (QED) is 0.619. The number of hydrogen-bond donors (Lipinski definition) is 0. The van der Waals surface area contributed by atoms with Crippen LogP contribution in [-0.2, 0) is 38.9 Å². The summed E-state index contributed by atoms with van der Waals surface area (Å²) in [7, 11) is 0. The average molecular weight is 248 g/mol. The van der Waals surface area contributed by atoms with Crippen LogP contribution >= 0.6 is 0 Å². The number of halogens is 3. The summed E-state index contributed by atoms with van der Waals surface area (Å²) in [6.45, 7) is 1.61. The normalized spacial score (nSPS) is 10.7. The maximum atomic E-state index is 11.9. The molecule has 0 bridgehead atoms. The van der Waals surface area contributed by atoms with Crippen molar-refractivity contribution in [3.8, 4) is 0 Å². The Labute approximate surface area is 94.0 Å². The zero-order valence-electron chi connectivity index (χ0n) is 6.44. The van der Waals surface area contributed by atoms with Crippen LogP contribution in [0.2, 0.25) is 0 Å². The molecule has 0 saturated heterocycles. The van der Waals surface area contributed by atoms with Gasteiger partial charge < -0.3 is 0 Å². The fourth-order valence-corrected chi connectivity index (χ4v) is 0.744. The number of rotatable bonds is 0. The van der Waals surface area contributed by atoms with Crippen molar-refractivity contribution in [3.05, 3.63) is 35.4 Å². The molecule has 0 aliphatic rings. The molecule has 63 valence electrons. The van der Waals surface area contributed by atoms with Crippen molar-refractivity contribution in [2.24, 2.45) is 0 Å². The first-order chi connectivity index (χ1) is 5.00. The first kappa shape index (κ1) is 12.1. The van der Waals surface area contributed by atoms with E-state index in [-0.39, 0.29) is 32.7 Å². The van der Waals surface area contributed by atoms with Crippen molar-refractivity contribution in [1.82, 2.24) is 0 Å². The van der Waals surface area contributed by atoms with Crippen LogP contribution in [-0.4, -0.2) is 0 Å². The summed E-state index contributed by atoms with van der Waals surface area (Å²) in [4.78, 5) is 0. The Bertz CT molecular complexity index is 255. The molecule has 0 heterocycles. The SMILES string of the molecule is Cc1cc[c-]c(C(F)(F)F)c1.[Y]. The van der Waals surface area contributed by atoms with Crippen molar-refractivity contribution in [3.63, 3.8) is 0 Å². The third-order valence-electron chi connectivity index (χ3n) is 1.26. The first-order valence-electron chi connectivity index (χ1n) is 3.05. The molecule has 0 unspecified atom stereocenters. The van der Waals surface area contributed by atoms with Gasteiger partial charge in [0.05, 0.1) is 0 Å². The molecule has 0 amide bonds. The van der Waals surface area contributed by atoms with E-state index in [1.807, 2.05) is 0 Å². The van der Waals surface area contributed by atoms with Gasteiger partial charge in [-0.1, -0.05) is 12.5 Å². The molecule has 0 spiro atoms. The molecule has 1 rings (SSSR count). The molecule has 0 aliphatic heterocycles. The largest absolute Gasteiger partial charge is 0.394 e. The van der Waals surface area contributed by atoms with Gasteiger partial charge in [0, 0.05) is 32.7 Å². The summed E-state index contributed by atoms with van der Waals surface area (Å²) in [5, 5.41) is 0. The summed E-state index contributed by atoms with van der Waals surface area (Å²) in [5.74, 6) is 0. The molecule has 0 saturated carbocycles. The molecule has 1 radical (unpaired) electrons. The van der Waals surface area contributed by atoms with Crippen LogP contribution in [0.25, 0.3) is 0 Å². The molecule has 0 atom stereocenters. The fraction of sp³-hybridized carbons (Fsp3) is 0.250. The van der Waals surface area contributed by atoms with Gasteiger partial charge in [0.25, 0.3) is 0 Å². The third-order valence-corrected chi connectivity index (χ3v) is 1.26. The Morgan fingerprint density at radius 3 is 2.25 bits per heavy atom. The van der Waals surface area contributed by atoms with E-state index in [1.165, 1.54) is 6.07 Å². The minimum absolute atomic E-state index is 0. The van der Waals surface area contributed by atoms with E-state index in [0.717, 1.165) is 6.07 Å². The summed E-state index contributed by atoms with van der Waals surface area (Å²) in [6, 6.07) is 6.05. The summed E-state index contributed by atoms with van der Waals surface area (Å²) in [5.41, 5.74) is -0.117. The van der Waals surface area contributed by atoms with Crippen LogP contribution in [0.4, 0.5) is 13.2 Å². The Balaban J connectivity index is 0.00000121. The van der Waals surface area contributed by atoms with Crippen LogP contribution in [0, 0.1) is 13.0 Å². The monoisotopic (exact) mass is 248 g/mol. The van der Waals surface area contributed by atoms with Gasteiger partial charge in [0.2, 0.25) is 0 Å². The van der Waals surface area contributed by atoms with E-state index < -0.39 is 11.7 Å². The molecule has 1 aromatic rings. The van der Waals surface area contributed by atoms with E-state index in [1.54, 1.807) is 13.0 Å². The zero-order valence-corrected chi connectivity index (χ0v) is 9.28. The van der Waals surface area contributed by atoms with Gasteiger partial charge in [0.1, 0.15) is 0 Å². The predicted octanol–water partition coefficient (Wildman–Crippen LogP) is 2.81. The Kier molecular flexibility index (Phi) is 4.42. The molecule has 0 aromatic heterocycles. The number of benzene rings is 1. The summed E-state index contributed by atoms with van der Waals surface area (Å²) >= 11 is 0. The van der Waals surface area contributed by atoms with E-state index in [4.69, 9.17) is 0 Å². The van der Waals surface area contributed by atoms with Crippen molar-refractivity contribution >= 4 is 0 Å². The van der Waals surface area contributed by atoms with Crippen LogP contribution < -0.4 is 0 Å². The van der Waals surface area contributed by atoms with Gasteiger partial charge in [-0.3, -0.25) is 0 Å². The molecular weight excluding hydrogens is 242 g/mol. The number of hydrogen-bond acceptors (Lipinski definition) is 0. The van der Waals surface area contributed by atoms with E-state index >= 15 is 0 Å². The molecule has 1 aromatic carbocycles. The standard InChI is InChI=1S/C8H6F3.Y/c1-6-3-2-4-7(5-6)8(9,10)11;/h2-3,5H,1H3;/q-1;. The van der Waals surface area contributed by atoms with Gasteiger partial charge in [0.15, 0.2) is 0 Å². The second kappa shape index (κ2) is 4.38. The Morgan fingerprint density at radius 2 is 1.92 bits per heavy atom. The second-order valence-electron chi connectivity index (χ2n) is 2.28. The van der Waals surface area contributed by atoms with Crippen molar-refractivity contribution in [2.45, 2.75) is 13.1 Å². The van der Waals surface area contributed by atoms with Gasteiger partial charge >= 0.3 is 6.18 Å². The second-order valence-corrected chi connectivity index (χ2v) is 2.28. The predicted molar refractivity (Wildman–Crippen MR) is 35.0 cm³/mol. The van der Waals surface area contributed by atoms with E-state index in [9.17, 15) is 13.2 Å². The molecule has 0 N–H and O–H groups in total. The minimum atomic E-state index is -4.27. The molecule has 0 nitrogen and oxygen atoms in total. The molecule has 0 aliphatic carbocycles. The topological polar surface area (TPSA) is 0 Å². The summed E-state index contributed by atoms with van der Waals surface area (Å²) in [6.07, 6.45) is -4.27. The maximum absolute atomic E-state index is 11.9. The van der Waals surface area contributed by atoms with Crippen molar-refractivity contribution < 1.29 is 45.9 Å². The fourth-order valence-electron chi connectivity index (χ4n) is 0.744. The summed E-state index contributed by atoms with van der Waals surface area (Å²) < 4.78 is 35.8. The molecule has 12 heavy (non-hydrogen) atoms. The van der Waals surface area contributed by atoms with Crippen LogP contribution in [0.3, 0.4) is 0 Å². The van der Waals surface area contributed by atoms with Gasteiger partial charge in [-0.25, -0.2) is 0 Å². The maximum Gasteiger partial charge on any atom is 0.394 e. The van der Waals surface area contributed by atoms with Crippen molar-refractivity contribution in [1.29, 1.82) is 0 Å². The zero-order chi connectivity index (χ0) is 8.48. The molecule has 4 heteroatoms. The van der Waals surface area contributed by atoms with Crippen LogP contribution in [0.15, 0.2) is 18.2 Å².